The van der Waals surface area contributed by atoms with E-state index in [0.717, 1.165) is 25.2 Å². The molecule has 3 heterocycles. The van der Waals surface area contributed by atoms with Crippen LogP contribution in [0.15, 0.2) is 5.38 Å². The van der Waals surface area contributed by atoms with Gasteiger partial charge in [0, 0.05) is 25.2 Å². The number of aryl methyl sites for hydroxylation is 1. The van der Waals surface area contributed by atoms with Gasteiger partial charge in [0.25, 0.3) is 5.91 Å². The quantitative estimate of drug-likeness (QED) is 0.865. The lowest BCUT2D eigenvalue weighted by atomic mass is 9.85. The van der Waals surface area contributed by atoms with Gasteiger partial charge in [0.15, 0.2) is 0 Å². The zero-order valence-corrected chi connectivity index (χ0v) is 13.1. The van der Waals surface area contributed by atoms with Crippen molar-refractivity contribution >= 4 is 28.8 Å². The molecule has 0 spiro atoms. The summed E-state index contributed by atoms with van der Waals surface area (Å²) in [6.07, 6.45) is 0. The fraction of sp³-hybridized carbons (Fsp3) is 0.643. The Morgan fingerprint density at radius 3 is 2.84 bits per heavy atom. The summed E-state index contributed by atoms with van der Waals surface area (Å²) in [6.45, 7) is 9.18. The van der Waals surface area contributed by atoms with Crippen molar-refractivity contribution in [3.8, 4) is 0 Å². The molecule has 1 aromatic rings. The molecule has 2 aliphatic heterocycles. The number of hydrogen-bond acceptors (Lipinski definition) is 3. The van der Waals surface area contributed by atoms with Crippen LogP contribution < -0.4 is 5.32 Å². The molecule has 3 rings (SSSR count). The van der Waals surface area contributed by atoms with E-state index in [1.54, 1.807) is 0 Å². The van der Waals surface area contributed by atoms with E-state index in [-0.39, 0.29) is 11.4 Å². The third kappa shape index (κ3) is 1.92. The zero-order valence-electron chi connectivity index (χ0n) is 11.5. The van der Waals surface area contributed by atoms with Crippen LogP contribution in [0.4, 0.5) is 0 Å². The molecule has 2 fully saturated rings. The standard InChI is InChI=1S/C14H19ClN2OS/c1-8-7-19-12(11(8)15)13(18)17-6-9-4-16-5-10(9)14(17,2)3/h7,9-10,16H,4-6H2,1-3H3. The number of likely N-dealkylation sites (tertiary alicyclic amines) is 1. The summed E-state index contributed by atoms with van der Waals surface area (Å²) < 4.78 is 0. The first kappa shape index (κ1) is 13.4. The molecular formula is C14H19ClN2OS. The molecule has 1 aromatic heterocycles. The van der Waals surface area contributed by atoms with E-state index in [0.29, 0.717) is 21.7 Å². The maximum absolute atomic E-state index is 12.8. The molecule has 19 heavy (non-hydrogen) atoms. The lowest BCUT2D eigenvalue weighted by molar-refractivity contribution is 0.0608. The summed E-state index contributed by atoms with van der Waals surface area (Å²) in [6, 6.07) is 0. The summed E-state index contributed by atoms with van der Waals surface area (Å²) in [4.78, 5) is 15.5. The zero-order chi connectivity index (χ0) is 13.8. The normalized spacial score (nSPS) is 28.7. The lowest BCUT2D eigenvalue weighted by Gasteiger charge is -2.35. The molecule has 1 amide bonds. The maximum atomic E-state index is 12.8. The molecule has 2 atom stereocenters. The number of hydrogen-bond donors (Lipinski definition) is 1. The number of nitrogens with one attached hydrogen (secondary N) is 1. The molecule has 3 nitrogen and oxygen atoms in total. The van der Waals surface area contributed by atoms with Gasteiger partial charge >= 0.3 is 0 Å². The molecule has 5 heteroatoms. The van der Waals surface area contributed by atoms with Crippen molar-refractivity contribution in [1.29, 1.82) is 0 Å². The third-order valence-electron chi connectivity index (χ3n) is 4.70. The van der Waals surface area contributed by atoms with Crippen molar-refractivity contribution in [2.45, 2.75) is 26.3 Å². The number of amides is 1. The molecule has 0 bridgehead atoms. The van der Waals surface area contributed by atoms with Gasteiger partial charge in [0.1, 0.15) is 4.88 Å². The molecule has 2 saturated heterocycles. The molecule has 0 saturated carbocycles. The van der Waals surface area contributed by atoms with Crippen molar-refractivity contribution in [1.82, 2.24) is 10.2 Å². The number of carbonyl (C=O) groups is 1. The van der Waals surface area contributed by atoms with E-state index in [1.807, 2.05) is 17.2 Å². The Kier molecular flexibility index (Phi) is 3.15. The van der Waals surface area contributed by atoms with Gasteiger partial charge in [0.05, 0.1) is 5.02 Å². The van der Waals surface area contributed by atoms with Gasteiger partial charge in [-0.2, -0.15) is 0 Å². The van der Waals surface area contributed by atoms with E-state index in [1.165, 1.54) is 11.3 Å². The third-order valence-corrected chi connectivity index (χ3v) is 6.38. The predicted octanol–water partition coefficient (Wildman–Crippen LogP) is 2.78. The van der Waals surface area contributed by atoms with E-state index >= 15 is 0 Å². The minimum Gasteiger partial charge on any atom is -0.332 e. The first-order chi connectivity index (χ1) is 8.93. The van der Waals surface area contributed by atoms with Crippen LogP contribution in [0.3, 0.4) is 0 Å². The molecule has 104 valence electrons. The number of fused-ring (bicyclic) bond motifs is 1. The summed E-state index contributed by atoms with van der Waals surface area (Å²) >= 11 is 7.71. The number of rotatable bonds is 1. The SMILES string of the molecule is Cc1csc(C(=O)N2CC3CNCC3C2(C)C)c1Cl. The fourth-order valence-corrected chi connectivity index (χ4v) is 4.68. The maximum Gasteiger partial charge on any atom is 0.265 e. The highest BCUT2D eigenvalue weighted by Crippen LogP contribution is 2.42. The second-order valence-corrected chi connectivity index (χ2v) is 7.41. The van der Waals surface area contributed by atoms with Gasteiger partial charge in [-0.3, -0.25) is 4.79 Å². The van der Waals surface area contributed by atoms with Crippen molar-refractivity contribution in [2.24, 2.45) is 11.8 Å². The summed E-state index contributed by atoms with van der Waals surface area (Å²) in [5.74, 6) is 1.23. The number of halogens is 1. The Morgan fingerprint density at radius 2 is 2.26 bits per heavy atom. The number of thiophene rings is 1. The van der Waals surface area contributed by atoms with Crippen molar-refractivity contribution < 1.29 is 4.79 Å². The molecule has 0 aliphatic carbocycles. The second kappa shape index (κ2) is 4.47. The smallest absolute Gasteiger partial charge is 0.265 e. The van der Waals surface area contributed by atoms with Gasteiger partial charge < -0.3 is 10.2 Å². The van der Waals surface area contributed by atoms with Gasteiger partial charge in [-0.25, -0.2) is 0 Å². The highest BCUT2D eigenvalue weighted by Gasteiger charge is 2.51. The van der Waals surface area contributed by atoms with Crippen LogP contribution in [0.25, 0.3) is 0 Å². The minimum atomic E-state index is -0.0908. The Labute approximate surface area is 122 Å². The van der Waals surface area contributed by atoms with Crippen molar-refractivity contribution in [3.05, 3.63) is 20.8 Å². The molecule has 0 radical (unpaired) electrons. The average Bonchev–Trinajstić information content (AvgIpc) is 2.99. The van der Waals surface area contributed by atoms with E-state index in [4.69, 9.17) is 11.6 Å². The van der Waals surface area contributed by atoms with Crippen LogP contribution in [0.5, 0.6) is 0 Å². The highest BCUT2D eigenvalue weighted by atomic mass is 35.5. The highest BCUT2D eigenvalue weighted by molar-refractivity contribution is 7.13. The van der Waals surface area contributed by atoms with E-state index in [2.05, 4.69) is 19.2 Å². The predicted molar refractivity (Wildman–Crippen MR) is 79.0 cm³/mol. The Balaban J connectivity index is 1.91. The Morgan fingerprint density at radius 1 is 1.53 bits per heavy atom. The summed E-state index contributed by atoms with van der Waals surface area (Å²) in [5, 5.41) is 6.02. The number of carbonyl (C=O) groups excluding carboxylic acids is 1. The largest absolute Gasteiger partial charge is 0.332 e. The minimum absolute atomic E-state index is 0.0908. The summed E-state index contributed by atoms with van der Waals surface area (Å²) in [5.41, 5.74) is 0.904. The number of nitrogens with zero attached hydrogens (tertiary/aromatic N) is 1. The van der Waals surface area contributed by atoms with Crippen LogP contribution in [-0.2, 0) is 0 Å². The van der Waals surface area contributed by atoms with E-state index < -0.39 is 0 Å². The Hall–Kier alpha value is -0.580. The van der Waals surface area contributed by atoms with Crippen LogP contribution in [-0.4, -0.2) is 36.0 Å². The summed E-state index contributed by atoms with van der Waals surface area (Å²) in [7, 11) is 0. The average molecular weight is 299 g/mol. The van der Waals surface area contributed by atoms with E-state index in [9.17, 15) is 4.79 Å². The van der Waals surface area contributed by atoms with Gasteiger partial charge in [0.2, 0.25) is 0 Å². The Bertz CT molecular complexity index is 526. The first-order valence-corrected chi connectivity index (χ1v) is 7.95. The topological polar surface area (TPSA) is 32.3 Å². The molecule has 2 unspecified atom stereocenters. The monoisotopic (exact) mass is 298 g/mol. The molecule has 0 aromatic carbocycles. The van der Waals surface area contributed by atoms with Crippen LogP contribution >= 0.6 is 22.9 Å². The molecule has 1 N–H and O–H groups in total. The lowest BCUT2D eigenvalue weighted by Crippen LogP contribution is -2.47. The molecular weight excluding hydrogens is 280 g/mol. The van der Waals surface area contributed by atoms with Gasteiger partial charge in [-0.05, 0) is 43.6 Å². The van der Waals surface area contributed by atoms with Gasteiger partial charge in [-0.15, -0.1) is 11.3 Å². The second-order valence-electron chi connectivity index (χ2n) is 6.16. The van der Waals surface area contributed by atoms with Crippen LogP contribution in [0.1, 0.15) is 29.1 Å². The van der Waals surface area contributed by atoms with Gasteiger partial charge in [-0.1, -0.05) is 11.6 Å². The van der Waals surface area contributed by atoms with Crippen LogP contribution in [0, 0.1) is 18.8 Å². The first-order valence-electron chi connectivity index (χ1n) is 6.69. The molecule has 2 aliphatic rings. The van der Waals surface area contributed by atoms with Crippen molar-refractivity contribution in [3.63, 3.8) is 0 Å². The van der Waals surface area contributed by atoms with Crippen LogP contribution in [0.2, 0.25) is 5.02 Å². The fourth-order valence-electron chi connectivity index (χ4n) is 3.46. The van der Waals surface area contributed by atoms with Crippen molar-refractivity contribution in [2.75, 3.05) is 19.6 Å².